The molecule has 3 aromatic carbocycles. The van der Waals surface area contributed by atoms with Crippen molar-refractivity contribution >= 4 is 47.8 Å². The summed E-state index contributed by atoms with van der Waals surface area (Å²) in [7, 11) is -0.336. The van der Waals surface area contributed by atoms with Gasteiger partial charge in [0, 0.05) is 46.1 Å². The van der Waals surface area contributed by atoms with Gasteiger partial charge in [0.15, 0.2) is 19.7 Å². The van der Waals surface area contributed by atoms with Crippen LogP contribution in [0.25, 0.3) is 27.6 Å². The molecule has 3 heterocycles. The van der Waals surface area contributed by atoms with E-state index in [1.165, 1.54) is 6.20 Å². The monoisotopic (exact) mass is 719 g/mol. The number of carbonyl (C=O) groups excluding carboxylic acids is 1. The minimum absolute atomic E-state index is 0.0818. The molecule has 13 heteroatoms. The summed E-state index contributed by atoms with van der Waals surface area (Å²) in [6, 6.07) is 20.1. The SMILES string of the molecule is COc1cc(-n2nc(C(C)(C)C)cc2NC(=O)Nc2ccc(Oc3ccnc4[nH]c(=O)cnc34)c3ccccc23)ccc1CO[Si](C)(C)C(C)(C)C. The lowest BCUT2D eigenvalue weighted by molar-refractivity contribution is 0.262. The van der Waals surface area contributed by atoms with E-state index in [2.05, 4.69) is 80.2 Å². The highest BCUT2D eigenvalue weighted by Gasteiger charge is 2.37. The Morgan fingerprint density at radius 1 is 0.885 bits per heavy atom. The predicted octanol–water partition coefficient (Wildman–Crippen LogP) is 8.92. The average molecular weight is 720 g/mol. The van der Waals surface area contributed by atoms with Crippen LogP contribution in [0.4, 0.5) is 16.3 Å². The number of rotatable bonds is 9. The molecule has 0 unspecified atom stereocenters. The zero-order chi connectivity index (χ0) is 37.4. The lowest BCUT2D eigenvalue weighted by Crippen LogP contribution is -2.40. The maximum absolute atomic E-state index is 13.7. The van der Waals surface area contributed by atoms with E-state index in [-0.39, 0.29) is 16.0 Å². The van der Waals surface area contributed by atoms with Crippen LogP contribution in [0.2, 0.25) is 18.1 Å². The molecule has 0 bridgehead atoms. The summed E-state index contributed by atoms with van der Waals surface area (Å²) in [5.41, 5.74) is 3.17. The third-order valence-corrected chi connectivity index (χ3v) is 13.9. The largest absolute Gasteiger partial charge is 0.496 e. The number of H-pyrrole nitrogens is 1. The third-order valence-electron chi connectivity index (χ3n) is 9.42. The molecule has 0 saturated carbocycles. The quantitative estimate of drug-likeness (QED) is 0.126. The van der Waals surface area contributed by atoms with Gasteiger partial charge in [-0.2, -0.15) is 5.10 Å². The van der Waals surface area contributed by atoms with E-state index in [9.17, 15) is 9.59 Å². The fraction of sp³-hybridized carbons (Fsp3) is 0.308. The molecule has 0 aliphatic heterocycles. The van der Waals surface area contributed by atoms with Crippen LogP contribution < -0.4 is 25.7 Å². The first-order valence-electron chi connectivity index (χ1n) is 17.1. The second-order valence-corrected chi connectivity index (χ2v) is 20.0. The van der Waals surface area contributed by atoms with Crippen molar-refractivity contribution in [2.45, 2.75) is 71.7 Å². The number of methoxy groups -OCH3 is 1. The molecule has 0 aliphatic rings. The summed E-state index contributed by atoms with van der Waals surface area (Å²) in [6.45, 7) is 17.8. The van der Waals surface area contributed by atoms with Crippen molar-refractivity contribution in [1.82, 2.24) is 24.7 Å². The molecule has 6 rings (SSSR count). The van der Waals surface area contributed by atoms with Crippen molar-refractivity contribution in [2.24, 2.45) is 0 Å². The standard InChI is InChI=1S/C39H45N7O5Si/c1-38(2,3)32-21-33(46(45-32)25-15-14-24(31(20-25)49-7)23-50-52(8,9)39(4,5)6)43-37(48)42-28-16-17-29(27-13-11-10-12-26(27)28)51-30-18-19-40-36-35(30)41-22-34(47)44-36/h10-22H,23H2,1-9H3,(H,40,44,47)(H2,42,43,48). The fourth-order valence-corrected chi connectivity index (χ4v) is 6.31. The van der Waals surface area contributed by atoms with E-state index in [4.69, 9.17) is 19.0 Å². The number of anilines is 2. The van der Waals surface area contributed by atoms with E-state index in [1.807, 2.05) is 48.5 Å². The van der Waals surface area contributed by atoms with Gasteiger partial charge in [0.1, 0.15) is 22.8 Å². The number of urea groups is 1. The summed E-state index contributed by atoms with van der Waals surface area (Å²) < 4.78 is 20.3. The van der Waals surface area contributed by atoms with Gasteiger partial charge in [0.05, 0.1) is 37.0 Å². The van der Waals surface area contributed by atoms with Crippen LogP contribution in [-0.4, -0.2) is 46.2 Å². The predicted molar refractivity (Wildman–Crippen MR) is 208 cm³/mol. The van der Waals surface area contributed by atoms with Gasteiger partial charge >= 0.3 is 6.03 Å². The maximum Gasteiger partial charge on any atom is 0.324 e. The lowest BCUT2D eigenvalue weighted by atomic mass is 9.92. The number of aromatic amines is 1. The highest BCUT2D eigenvalue weighted by molar-refractivity contribution is 6.74. The van der Waals surface area contributed by atoms with Crippen molar-refractivity contribution in [3.05, 3.63) is 101 Å². The minimum Gasteiger partial charge on any atom is -0.496 e. The van der Waals surface area contributed by atoms with E-state index >= 15 is 0 Å². The molecular formula is C39H45N7O5Si. The van der Waals surface area contributed by atoms with Gasteiger partial charge < -0.3 is 24.2 Å². The average Bonchev–Trinajstić information content (AvgIpc) is 3.52. The molecule has 0 aliphatic carbocycles. The Bertz CT molecular complexity index is 2340. The number of pyridine rings is 1. The van der Waals surface area contributed by atoms with E-state index in [0.29, 0.717) is 46.5 Å². The first kappa shape index (κ1) is 36.3. The van der Waals surface area contributed by atoms with Crippen LogP contribution in [0, 0.1) is 0 Å². The normalized spacial score (nSPS) is 12.2. The Balaban J connectivity index is 1.27. The number of hydrogen-bond acceptors (Lipinski definition) is 8. The van der Waals surface area contributed by atoms with Crippen LogP contribution in [0.15, 0.2) is 83.9 Å². The maximum atomic E-state index is 13.7. The Morgan fingerprint density at radius 2 is 1.63 bits per heavy atom. The Morgan fingerprint density at radius 3 is 2.35 bits per heavy atom. The Hall–Kier alpha value is -5.53. The number of nitrogens with zero attached hydrogens (tertiary/aromatic N) is 4. The Kier molecular flexibility index (Phi) is 9.68. The zero-order valence-electron chi connectivity index (χ0n) is 31.0. The summed E-state index contributed by atoms with van der Waals surface area (Å²) in [6.07, 6.45) is 2.73. The number of aromatic nitrogens is 5. The van der Waals surface area contributed by atoms with Crippen molar-refractivity contribution in [2.75, 3.05) is 17.7 Å². The van der Waals surface area contributed by atoms with Crippen LogP contribution in [0.5, 0.6) is 17.2 Å². The van der Waals surface area contributed by atoms with Crippen LogP contribution >= 0.6 is 0 Å². The summed E-state index contributed by atoms with van der Waals surface area (Å²) in [5.74, 6) is 2.15. The molecule has 0 atom stereocenters. The number of amides is 2. The smallest absolute Gasteiger partial charge is 0.324 e. The van der Waals surface area contributed by atoms with Gasteiger partial charge in [-0.25, -0.2) is 19.4 Å². The number of ether oxygens (including phenoxy) is 2. The number of carbonyl (C=O) groups is 1. The topological polar surface area (TPSA) is 145 Å². The van der Waals surface area contributed by atoms with E-state index in [1.54, 1.807) is 36.2 Å². The number of nitrogens with one attached hydrogen (secondary N) is 3. The summed E-state index contributed by atoms with van der Waals surface area (Å²) in [5, 5.41) is 12.6. The molecular weight excluding hydrogens is 675 g/mol. The molecule has 52 heavy (non-hydrogen) atoms. The molecule has 2 amide bonds. The molecule has 270 valence electrons. The molecule has 0 radical (unpaired) electrons. The highest BCUT2D eigenvalue weighted by atomic mass is 28.4. The molecule has 6 aromatic rings. The zero-order valence-corrected chi connectivity index (χ0v) is 32.0. The third kappa shape index (κ3) is 7.55. The van der Waals surface area contributed by atoms with Gasteiger partial charge in [-0.05, 0) is 36.3 Å². The highest BCUT2D eigenvalue weighted by Crippen LogP contribution is 2.39. The molecule has 12 nitrogen and oxygen atoms in total. The van der Waals surface area contributed by atoms with Crippen molar-refractivity contribution in [3.8, 4) is 22.9 Å². The molecule has 3 N–H and O–H groups in total. The van der Waals surface area contributed by atoms with Gasteiger partial charge in [-0.1, -0.05) is 71.9 Å². The van der Waals surface area contributed by atoms with Gasteiger partial charge in [0.25, 0.3) is 5.56 Å². The first-order chi connectivity index (χ1) is 24.5. The molecule has 0 fully saturated rings. The van der Waals surface area contributed by atoms with Crippen LogP contribution in [-0.2, 0) is 16.4 Å². The molecule has 3 aromatic heterocycles. The van der Waals surface area contributed by atoms with Crippen molar-refractivity contribution < 1.29 is 18.7 Å². The summed E-state index contributed by atoms with van der Waals surface area (Å²) >= 11 is 0. The van der Waals surface area contributed by atoms with Crippen molar-refractivity contribution in [1.29, 1.82) is 0 Å². The summed E-state index contributed by atoms with van der Waals surface area (Å²) in [4.78, 5) is 36.5. The number of fused-ring (bicyclic) bond motifs is 2. The lowest BCUT2D eigenvalue weighted by Gasteiger charge is -2.36. The number of benzene rings is 3. The fourth-order valence-electron chi connectivity index (χ4n) is 5.36. The van der Waals surface area contributed by atoms with Gasteiger partial charge in [-0.3, -0.25) is 10.1 Å². The molecule has 0 spiro atoms. The van der Waals surface area contributed by atoms with Crippen molar-refractivity contribution in [3.63, 3.8) is 0 Å². The van der Waals surface area contributed by atoms with Crippen LogP contribution in [0.1, 0.15) is 52.8 Å². The number of hydrogen-bond donors (Lipinski definition) is 3. The molecule has 0 saturated heterocycles. The van der Waals surface area contributed by atoms with E-state index in [0.717, 1.165) is 27.7 Å². The minimum atomic E-state index is -1.98. The second kappa shape index (κ2) is 13.9. The van der Waals surface area contributed by atoms with Gasteiger partial charge in [-0.15, -0.1) is 0 Å². The first-order valence-corrected chi connectivity index (χ1v) is 20.0. The van der Waals surface area contributed by atoms with Gasteiger partial charge in [0.2, 0.25) is 0 Å². The van der Waals surface area contributed by atoms with E-state index < -0.39 is 14.3 Å². The second-order valence-electron chi connectivity index (χ2n) is 15.2. The van der Waals surface area contributed by atoms with Crippen LogP contribution in [0.3, 0.4) is 0 Å². The Labute approximate surface area is 303 Å².